The summed E-state index contributed by atoms with van der Waals surface area (Å²) in [6.45, 7) is 13.2. The monoisotopic (exact) mass is 708 g/mol. The third-order valence-corrected chi connectivity index (χ3v) is 10.4. The first-order valence-electron chi connectivity index (χ1n) is 16.8. The Kier molecular flexibility index (Phi) is 9.29. The molecule has 0 atom stereocenters. The zero-order valence-electron chi connectivity index (χ0n) is 28.8. The van der Waals surface area contributed by atoms with Gasteiger partial charge in [0.2, 0.25) is 0 Å². The number of allylic oxidation sites excluding steroid dienone is 4. The number of halogens is 1. The summed E-state index contributed by atoms with van der Waals surface area (Å²) in [5.41, 5.74) is 8.16. The van der Waals surface area contributed by atoms with Gasteiger partial charge in [0.05, 0.1) is 4.47 Å². The van der Waals surface area contributed by atoms with Crippen molar-refractivity contribution in [2.45, 2.75) is 79.6 Å². The molecule has 2 aliphatic carbocycles. The van der Waals surface area contributed by atoms with E-state index in [1.54, 1.807) is 0 Å². The number of carbonyl (C=O) groups excluding carboxylic acids is 3. The van der Waals surface area contributed by atoms with Crippen molar-refractivity contribution in [1.29, 1.82) is 0 Å². The van der Waals surface area contributed by atoms with Crippen LogP contribution in [-0.4, -0.2) is 35.5 Å². The van der Waals surface area contributed by atoms with Crippen LogP contribution >= 0.6 is 15.9 Å². The zero-order chi connectivity index (χ0) is 34.4. The Balaban J connectivity index is 1.35. The molecule has 1 N–H and O–H groups in total. The Morgan fingerprint density at radius 2 is 1.48 bits per heavy atom. The van der Waals surface area contributed by atoms with Gasteiger partial charge in [0, 0.05) is 53.5 Å². The highest BCUT2D eigenvalue weighted by atomic mass is 79.9. The molecule has 0 spiro atoms. The Morgan fingerprint density at radius 3 is 2.08 bits per heavy atom. The number of amides is 1. The van der Waals surface area contributed by atoms with Gasteiger partial charge in [-0.15, -0.1) is 0 Å². The van der Waals surface area contributed by atoms with Gasteiger partial charge in [-0.05, 0) is 100 Å². The van der Waals surface area contributed by atoms with Crippen molar-refractivity contribution in [3.8, 4) is 5.75 Å². The molecule has 0 aromatic heterocycles. The summed E-state index contributed by atoms with van der Waals surface area (Å²) >= 11 is 3.69. The Hall–Kier alpha value is -3.97. The second-order valence-electron chi connectivity index (χ2n) is 15.3. The summed E-state index contributed by atoms with van der Waals surface area (Å²) in [5.74, 6) is 0.0382. The third-order valence-electron chi connectivity index (χ3n) is 9.80. The molecule has 250 valence electrons. The average Bonchev–Trinajstić information content (AvgIpc) is 3.00. The van der Waals surface area contributed by atoms with Crippen molar-refractivity contribution < 1.29 is 19.1 Å². The van der Waals surface area contributed by atoms with Gasteiger partial charge in [-0.3, -0.25) is 14.4 Å². The van der Waals surface area contributed by atoms with Gasteiger partial charge in [0.15, 0.2) is 18.2 Å². The third kappa shape index (κ3) is 7.07. The molecule has 0 unspecified atom stereocenters. The molecular weight excluding hydrogens is 664 g/mol. The fourth-order valence-corrected chi connectivity index (χ4v) is 8.06. The SMILES string of the molecule is Cc1ccc(C)c(NC(=O)COc2ccc(C3C4=C(CC(C)(C)CC4=O)N(CCc4ccccc4)C4=C3C(=O)CC(C)(C)C4)cc2Br)c1. The highest BCUT2D eigenvalue weighted by molar-refractivity contribution is 9.10. The molecule has 48 heavy (non-hydrogen) atoms. The fraction of sp³-hybridized carbons (Fsp3) is 0.390. The normalized spacial score (nSPS) is 18.9. The molecule has 7 heteroatoms. The molecule has 3 aliphatic rings. The Labute approximate surface area is 292 Å². The topological polar surface area (TPSA) is 75.7 Å². The minimum Gasteiger partial charge on any atom is -0.483 e. The minimum atomic E-state index is -0.451. The van der Waals surface area contributed by atoms with Crippen LogP contribution in [0.1, 0.15) is 81.5 Å². The molecule has 1 heterocycles. The molecule has 3 aromatic carbocycles. The average molecular weight is 710 g/mol. The van der Waals surface area contributed by atoms with Gasteiger partial charge in [0.1, 0.15) is 5.75 Å². The highest BCUT2D eigenvalue weighted by Crippen LogP contribution is 2.54. The standard InChI is InChI=1S/C41H45BrN2O4/c1-25-12-13-26(2)30(18-25)43-36(47)24-48-35-15-14-28(19-29(35)42)37-38-31(20-40(3,4)22-33(38)45)44(17-16-27-10-8-7-9-11-27)32-21-41(5,6)23-34(46)39(32)37/h7-15,18-19,37H,16-17,20-24H2,1-6H3,(H,43,47). The highest BCUT2D eigenvalue weighted by Gasteiger charge is 2.49. The predicted octanol–water partition coefficient (Wildman–Crippen LogP) is 9.01. The van der Waals surface area contributed by atoms with Crippen LogP contribution in [0.25, 0.3) is 0 Å². The van der Waals surface area contributed by atoms with Gasteiger partial charge in [-0.1, -0.05) is 76.2 Å². The predicted molar refractivity (Wildman–Crippen MR) is 194 cm³/mol. The summed E-state index contributed by atoms with van der Waals surface area (Å²) < 4.78 is 6.63. The van der Waals surface area contributed by atoms with E-state index in [-0.39, 0.29) is 34.9 Å². The number of carbonyl (C=O) groups is 3. The van der Waals surface area contributed by atoms with Crippen LogP contribution in [0.3, 0.4) is 0 Å². The van der Waals surface area contributed by atoms with Gasteiger partial charge >= 0.3 is 0 Å². The second-order valence-corrected chi connectivity index (χ2v) is 16.1. The van der Waals surface area contributed by atoms with Gasteiger partial charge in [0.25, 0.3) is 5.91 Å². The first kappa shape index (κ1) is 33.9. The van der Waals surface area contributed by atoms with Crippen LogP contribution in [-0.2, 0) is 20.8 Å². The Morgan fingerprint density at radius 1 is 0.854 bits per heavy atom. The van der Waals surface area contributed by atoms with Crippen molar-refractivity contribution in [1.82, 2.24) is 4.90 Å². The second kappa shape index (κ2) is 13.1. The molecule has 1 amide bonds. The summed E-state index contributed by atoms with van der Waals surface area (Å²) in [6, 6.07) is 22.1. The van der Waals surface area contributed by atoms with Crippen LogP contribution in [0.15, 0.2) is 93.7 Å². The molecular formula is C41H45BrN2O4. The number of benzene rings is 3. The number of nitrogens with zero attached hydrogens (tertiary/aromatic N) is 1. The lowest BCUT2D eigenvalue weighted by Gasteiger charge is -2.49. The zero-order valence-corrected chi connectivity index (χ0v) is 30.4. The van der Waals surface area contributed by atoms with Crippen LogP contribution in [0.2, 0.25) is 0 Å². The van der Waals surface area contributed by atoms with Crippen LogP contribution in [0.5, 0.6) is 5.75 Å². The molecule has 3 aromatic rings. The maximum absolute atomic E-state index is 14.2. The lowest BCUT2D eigenvalue weighted by molar-refractivity contribution is -0.120. The maximum atomic E-state index is 14.2. The van der Waals surface area contributed by atoms with Crippen LogP contribution in [0.4, 0.5) is 5.69 Å². The largest absolute Gasteiger partial charge is 0.483 e. The Bertz CT molecular complexity index is 1800. The lowest BCUT2D eigenvalue weighted by Crippen LogP contribution is -2.45. The van der Waals surface area contributed by atoms with E-state index in [1.165, 1.54) is 5.56 Å². The molecule has 6 rings (SSSR count). The molecule has 0 saturated heterocycles. The molecule has 6 nitrogen and oxygen atoms in total. The molecule has 0 radical (unpaired) electrons. The number of nitrogens with one attached hydrogen (secondary N) is 1. The summed E-state index contributed by atoms with van der Waals surface area (Å²) in [7, 11) is 0. The molecule has 0 bridgehead atoms. The lowest BCUT2D eigenvalue weighted by atomic mass is 9.63. The first-order chi connectivity index (χ1) is 22.7. The van der Waals surface area contributed by atoms with E-state index in [4.69, 9.17) is 4.74 Å². The number of anilines is 1. The number of hydrogen-bond donors (Lipinski definition) is 1. The number of ketones is 2. The number of aryl methyl sites for hydroxylation is 2. The maximum Gasteiger partial charge on any atom is 0.262 e. The number of hydrogen-bond acceptors (Lipinski definition) is 5. The van der Waals surface area contributed by atoms with E-state index in [0.29, 0.717) is 29.6 Å². The van der Waals surface area contributed by atoms with E-state index < -0.39 is 5.92 Å². The van der Waals surface area contributed by atoms with Gasteiger partial charge < -0.3 is 15.0 Å². The summed E-state index contributed by atoms with van der Waals surface area (Å²) in [4.78, 5) is 43.5. The van der Waals surface area contributed by atoms with E-state index >= 15 is 0 Å². The van der Waals surface area contributed by atoms with E-state index in [1.807, 2.05) is 56.3 Å². The minimum absolute atomic E-state index is 0.111. The van der Waals surface area contributed by atoms with Crippen molar-refractivity contribution in [2.75, 3.05) is 18.5 Å². The smallest absolute Gasteiger partial charge is 0.262 e. The van der Waals surface area contributed by atoms with Crippen molar-refractivity contribution in [3.05, 3.63) is 116 Å². The number of Topliss-reactive ketones (excluding diaryl/α,β-unsaturated/α-hetero) is 2. The number of ether oxygens (including phenoxy) is 1. The van der Waals surface area contributed by atoms with Gasteiger partial charge in [-0.2, -0.15) is 0 Å². The van der Waals surface area contributed by atoms with Crippen molar-refractivity contribution >= 4 is 39.1 Å². The van der Waals surface area contributed by atoms with Crippen LogP contribution < -0.4 is 10.1 Å². The van der Waals surface area contributed by atoms with E-state index in [2.05, 4.69) is 78.1 Å². The molecule has 0 saturated carbocycles. The van der Waals surface area contributed by atoms with Gasteiger partial charge in [-0.25, -0.2) is 0 Å². The number of rotatable bonds is 8. The quantitative estimate of drug-likeness (QED) is 0.253. The molecule has 0 fully saturated rings. The fourth-order valence-electron chi connectivity index (χ4n) is 7.55. The van der Waals surface area contributed by atoms with E-state index in [0.717, 1.165) is 64.2 Å². The summed E-state index contributed by atoms with van der Waals surface area (Å²) in [6.07, 6.45) is 3.23. The van der Waals surface area contributed by atoms with Crippen molar-refractivity contribution in [2.24, 2.45) is 10.8 Å². The van der Waals surface area contributed by atoms with E-state index in [9.17, 15) is 14.4 Å². The van der Waals surface area contributed by atoms with Crippen LogP contribution in [0, 0.1) is 24.7 Å². The molecule has 1 aliphatic heterocycles. The summed E-state index contributed by atoms with van der Waals surface area (Å²) in [5, 5.41) is 2.94. The first-order valence-corrected chi connectivity index (χ1v) is 17.6. The van der Waals surface area contributed by atoms with Crippen molar-refractivity contribution in [3.63, 3.8) is 0 Å².